The summed E-state index contributed by atoms with van der Waals surface area (Å²) in [5.41, 5.74) is 10.9. The zero-order chi connectivity index (χ0) is 5.98. The summed E-state index contributed by atoms with van der Waals surface area (Å²) in [7, 11) is 0. The quantitative estimate of drug-likeness (QED) is 0.605. The van der Waals surface area contributed by atoms with Gasteiger partial charge in [-0.05, 0) is 0 Å². The van der Waals surface area contributed by atoms with Crippen molar-refractivity contribution in [1.29, 1.82) is 0 Å². The third kappa shape index (κ3) is 4.36. The Hall–Kier alpha value is 0.528. The monoisotopic (exact) mass is 331 g/mol. The summed E-state index contributed by atoms with van der Waals surface area (Å²) < 4.78 is 1.01. The normalized spacial score (nSPS) is 17.5. The molecule has 1 saturated carbocycles. The Balaban J connectivity index is 0. The van der Waals surface area contributed by atoms with E-state index in [-0.39, 0.29) is 34.1 Å². The van der Waals surface area contributed by atoms with Crippen molar-refractivity contribution in [3.05, 3.63) is 0 Å². The van der Waals surface area contributed by atoms with Crippen molar-refractivity contribution in [2.75, 3.05) is 0 Å². The second kappa shape index (κ2) is 6.25. The van der Waals surface area contributed by atoms with Crippen molar-refractivity contribution in [2.45, 2.75) is 28.1 Å². The molecule has 0 radical (unpaired) electrons. The van der Waals surface area contributed by atoms with Gasteiger partial charge in [-0.1, -0.05) is 0 Å². The van der Waals surface area contributed by atoms with Gasteiger partial charge in [-0.2, -0.15) is 0 Å². The predicted molar refractivity (Wildman–Crippen MR) is 37.0 cm³/mol. The summed E-state index contributed by atoms with van der Waals surface area (Å²) in [6.45, 7) is 0. The van der Waals surface area contributed by atoms with E-state index in [9.17, 15) is 0 Å². The average molecular weight is 331 g/mol. The fourth-order valence-corrected chi connectivity index (χ4v) is 3.53. The Morgan fingerprint density at radius 2 is 1.70 bits per heavy atom. The van der Waals surface area contributed by atoms with Crippen molar-refractivity contribution >= 4 is 0 Å². The van der Waals surface area contributed by atoms with E-state index in [1.54, 1.807) is 0 Å². The van der Waals surface area contributed by atoms with Crippen molar-refractivity contribution in [2.24, 2.45) is 11.5 Å². The number of rotatable bonds is 2. The van der Waals surface area contributed by atoms with Crippen LogP contribution in [0.15, 0.2) is 0 Å². The first kappa shape index (κ1) is 13.1. The van der Waals surface area contributed by atoms with Crippen LogP contribution in [0.2, 0.25) is 4.31 Å². The Morgan fingerprint density at radius 3 is 1.80 bits per heavy atom. The molecule has 0 heterocycles. The van der Waals surface area contributed by atoms with Gasteiger partial charge in [-0.15, -0.1) is 0 Å². The van der Waals surface area contributed by atoms with Crippen LogP contribution in [0, 0.1) is 0 Å². The Labute approximate surface area is 69.5 Å². The molecule has 0 spiro atoms. The van der Waals surface area contributed by atoms with Crippen LogP contribution in [0.25, 0.3) is 0 Å². The standard InChI is InChI=1S/C4H7.CH5N2.2H2O.Pt/c1-2-4-3-1;2-1-3;;;/h1H,2-4H2;1H,2-3H2;2*1H2;. The molecule has 0 saturated heterocycles. The maximum absolute atomic E-state index is 5.43. The molecule has 1 aliphatic rings. The summed E-state index contributed by atoms with van der Waals surface area (Å²) in [5.74, 6) is 0. The van der Waals surface area contributed by atoms with Gasteiger partial charge in [-0.25, -0.2) is 0 Å². The fourth-order valence-electron chi connectivity index (χ4n) is 0.611. The van der Waals surface area contributed by atoms with Crippen LogP contribution in [0.5, 0.6) is 0 Å². The van der Waals surface area contributed by atoms with Crippen LogP contribution in [0.1, 0.15) is 19.3 Å². The first-order chi connectivity index (χ1) is 3.79. The van der Waals surface area contributed by atoms with E-state index in [1.807, 2.05) is 0 Å². The molecule has 0 aliphatic heterocycles. The van der Waals surface area contributed by atoms with Crippen LogP contribution in [-0.4, -0.2) is 15.5 Å². The molecule has 8 N–H and O–H groups in total. The van der Waals surface area contributed by atoms with Crippen molar-refractivity contribution in [3.8, 4) is 0 Å². The van der Waals surface area contributed by atoms with E-state index in [0.29, 0.717) is 0 Å². The number of hydrogen-bond acceptors (Lipinski definition) is 2. The predicted octanol–water partition coefficient (Wildman–Crippen LogP) is -1.41. The van der Waals surface area contributed by atoms with Gasteiger partial charge in [0.2, 0.25) is 0 Å². The Kier molecular flexibility index (Phi) is 8.22. The maximum Gasteiger partial charge on any atom is -0.412 e. The van der Waals surface area contributed by atoms with Crippen LogP contribution in [0.3, 0.4) is 0 Å². The van der Waals surface area contributed by atoms with E-state index in [0.717, 1.165) is 4.31 Å². The zero-order valence-corrected chi connectivity index (χ0v) is 8.02. The molecule has 0 aromatic carbocycles. The average Bonchev–Trinajstić information content (AvgIpc) is 1.55. The molecular formula is C5H16N2O2Pt. The molecule has 0 unspecified atom stereocenters. The smallest absolute Gasteiger partial charge is 0.412 e. The molecule has 0 aromatic rings. The van der Waals surface area contributed by atoms with Gasteiger partial charge in [0, 0.05) is 0 Å². The molecule has 1 fully saturated rings. The third-order valence-electron chi connectivity index (χ3n) is 1.27. The van der Waals surface area contributed by atoms with Crippen LogP contribution in [-0.2, 0) is 18.6 Å². The van der Waals surface area contributed by atoms with E-state index < -0.39 is 0 Å². The molecule has 1 rings (SSSR count). The van der Waals surface area contributed by atoms with Gasteiger partial charge in [-0.3, -0.25) is 0 Å². The minimum absolute atomic E-state index is 0. The van der Waals surface area contributed by atoms with Gasteiger partial charge < -0.3 is 11.0 Å². The molecule has 0 amide bonds. The molecule has 0 aromatic heterocycles. The minimum atomic E-state index is 0. The minimum Gasteiger partial charge on any atom is -0.412 e. The summed E-state index contributed by atoms with van der Waals surface area (Å²) in [6, 6.07) is 0. The molecular weight excluding hydrogens is 315 g/mol. The molecule has 0 bridgehead atoms. The van der Waals surface area contributed by atoms with Gasteiger partial charge in [0.05, 0.1) is 0 Å². The largest absolute Gasteiger partial charge is 0.412 e. The summed E-state index contributed by atoms with van der Waals surface area (Å²) in [5, 5.41) is 0. The summed E-state index contributed by atoms with van der Waals surface area (Å²) in [4.78, 5) is 0. The first-order valence-corrected chi connectivity index (χ1v) is 5.47. The fraction of sp³-hybridized carbons (Fsp3) is 1.00. The molecule has 10 heavy (non-hydrogen) atoms. The van der Waals surface area contributed by atoms with E-state index in [2.05, 4.69) is 0 Å². The second-order valence-corrected chi connectivity index (χ2v) is 6.11. The van der Waals surface area contributed by atoms with Crippen molar-refractivity contribution in [1.82, 2.24) is 0 Å². The van der Waals surface area contributed by atoms with Crippen molar-refractivity contribution < 1.29 is 29.5 Å². The number of nitrogens with two attached hydrogens (primary N) is 2. The summed E-state index contributed by atoms with van der Waals surface area (Å²) in [6.07, 6.45) is 4.22. The summed E-state index contributed by atoms with van der Waals surface area (Å²) >= 11 is 0.136. The zero-order valence-electron chi connectivity index (χ0n) is 5.75. The Morgan fingerprint density at radius 1 is 1.20 bits per heavy atom. The topological polar surface area (TPSA) is 115 Å². The van der Waals surface area contributed by atoms with Gasteiger partial charge >= 0.3 is 58.2 Å². The number of hydrogen-bond donors (Lipinski definition) is 2. The van der Waals surface area contributed by atoms with Gasteiger partial charge in [0.15, 0.2) is 0 Å². The van der Waals surface area contributed by atoms with Crippen molar-refractivity contribution in [3.63, 3.8) is 0 Å². The maximum atomic E-state index is 5.43. The second-order valence-electron chi connectivity index (χ2n) is 1.99. The molecule has 5 heteroatoms. The van der Waals surface area contributed by atoms with Gasteiger partial charge in [0.25, 0.3) is 0 Å². The van der Waals surface area contributed by atoms with E-state index in [1.165, 1.54) is 19.3 Å². The first-order valence-electron chi connectivity index (χ1n) is 2.85. The van der Waals surface area contributed by atoms with Crippen LogP contribution < -0.4 is 11.5 Å². The molecule has 4 nitrogen and oxygen atoms in total. The molecule has 0 atom stereocenters. The van der Waals surface area contributed by atoms with E-state index in [4.69, 9.17) is 11.5 Å². The van der Waals surface area contributed by atoms with Crippen LogP contribution in [0.4, 0.5) is 0 Å². The molecule has 68 valence electrons. The SMILES string of the molecule is N[CH](N)[Pt][CH]1CCC1.O.O. The van der Waals surface area contributed by atoms with Crippen LogP contribution >= 0.6 is 0 Å². The van der Waals surface area contributed by atoms with Gasteiger partial charge in [0.1, 0.15) is 0 Å². The third-order valence-corrected chi connectivity index (χ3v) is 4.53. The van der Waals surface area contributed by atoms with E-state index >= 15 is 0 Å². The Bertz CT molecular complexity index is 78.0. The molecule has 1 aliphatic carbocycles.